The molecule has 0 aromatic carbocycles. The number of aryl methyl sites for hydroxylation is 1. The summed E-state index contributed by atoms with van der Waals surface area (Å²) in [5.74, 6) is 0.736. The fourth-order valence-electron chi connectivity index (χ4n) is 2.10. The van der Waals surface area contributed by atoms with Crippen LogP contribution in [0, 0.1) is 17.0 Å². The highest BCUT2D eigenvalue weighted by atomic mass is 16.6. The summed E-state index contributed by atoms with van der Waals surface area (Å²) in [7, 11) is 0. The molecule has 92 valence electrons. The van der Waals surface area contributed by atoms with Crippen molar-refractivity contribution in [2.75, 3.05) is 18.4 Å². The van der Waals surface area contributed by atoms with Crippen molar-refractivity contribution in [1.29, 1.82) is 0 Å². The maximum Gasteiger partial charge on any atom is 0.290 e. The zero-order valence-corrected chi connectivity index (χ0v) is 9.85. The minimum Gasteiger partial charge on any atom is -0.367 e. The summed E-state index contributed by atoms with van der Waals surface area (Å²) in [6.07, 6.45) is 3.54. The molecule has 0 spiro atoms. The number of nitrogens with one attached hydrogen (secondary N) is 1. The second-order valence-electron chi connectivity index (χ2n) is 4.40. The molecule has 1 aromatic heterocycles. The molecule has 0 radical (unpaired) electrons. The van der Waals surface area contributed by atoms with Crippen LogP contribution in [0.25, 0.3) is 0 Å². The number of hydrogen-bond donors (Lipinski definition) is 2. The molecule has 0 saturated carbocycles. The molecule has 6 nitrogen and oxygen atoms in total. The van der Waals surface area contributed by atoms with Gasteiger partial charge in [0.25, 0.3) is 5.69 Å². The lowest BCUT2D eigenvalue weighted by Crippen LogP contribution is -2.87. The van der Waals surface area contributed by atoms with E-state index in [9.17, 15) is 10.1 Å². The van der Waals surface area contributed by atoms with Gasteiger partial charge in [0.05, 0.1) is 18.0 Å². The number of nitro groups is 1. The van der Waals surface area contributed by atoms with Gasteiger partial charge in [0.2, 0.25) is 0 Å². The summed E-state index contributed by atoms with van der Waals surface area (Å²) in [5, 5.41) is 16.3. The van der Waals surface area contributed by atoms with Gasteiger partial charge in [-0.15, -0.1) is 0 Å². The number of anilines is 1. The van der Waals surface area contributed by atoms with E-state index >= 15 is 0 Å². The van der Waals surface area contributed by atoms with E-state index in [-0.39, 0.29) is 5.69 Å². The first-order chi connectivity index (χ1) is 8.16. The lowest BCUT2D eigenvalue weighted by Gasteiger charge is -2.22. The summed E-state index contributed by atoms with van der Waals surface area (Å²) >= 11 is 0. The maximum absolute atomic E-state index is 10.7. The van der Waals surface area contributed by atoms with Gasteiger partial charge in [-0.05, 0) is 13.0 Å². The Hall–Kier alpha value is -1.69. The van der Waals surface area contributed by atoms with Gasteiger partial charge in [0.15, 0.2) is 0 Å². The van der Waals surface area contributed by atoms with E-state index < -0.39 is 4.92 Å². The predicted octanol–water partition coefficient (Wildman–Crippen LogP) is 0.436. The van der Waals surface area contributed by atoms with Crippen molar-refractivity contribution < 1.29 is 10.2 Å². The first-order valence-electron chi connectivity index (χ1n) is 5.86. The molecular weight excluding hydrogens is 220 g/mol. The van der Waals surface area contributed by atoms with Crippen molar-refractivity contribution in [2.24, 2.45) is 0 Å². The lowest BCUT2D eigenvalue weighted by atomic mass is 10.1. The standard InChI is InChI=1S/C11H16N4O2/c1-8-6-11(13-7-10(8)15(16)17)14-9-2-4-12-5-3-9/h6-7,9,12H,2-5H2,1H3,(H,13,14)/p+1. The van der Waals surface area contributed by atoms with Gasteiger partial charge in [-0.2, -0.15) is 0 Å². The van der Waals surface area contributed by atoms with Crippen molar-refractivity contribution >= 4 is 11.5 Å². The number of pyridine rings is 1. The third kappa shape index (κ3) is 2.91. The third-order valence-electron chi connectivity index (χ3n) is 3.07. The molecule has 0 bridgehead atoms. The molecule has 0 aliphatic carbocycles. The van der Waals surface area contributed by atoms with Crippen LogP contribution in [-0.4, -0.2) is 29.0 Å². The number of quaternary nitrogens is 1. The molecule has 0 unspecified atom stereocenters. The second-order valence-corrected chi connectivity index (χ2v) is 4.40. The van der Waals surface area contributed by atoms with E-state index in [1.807, 2.05) is 0 Å². The average molecular weight is 237 g/mol. The van der Waals surface area contributed by atoms with Crippen LogP contribution in [0.4, 0.5) is 11.5 Å². The van der Waals surface area contributed by atoms with Crippen molar-refractivity contribution in [2.45, 2.75) is 25.8 Å². The van der Waals surface area contributed by atoms with E-state index in [0.717, 1.165) is 31.7 Å². The lowest BCUT2D eigenvalue weighted by molar-refractivity contribution is -0.662. The van der Waals surface area contributed by atoms with Crippen molar-refractivity contribution in [1.82, 2.24) is 4.98 Å². The van der Waals surface area contributed by atoms with E-state index in [2.05, 4.69) is 15.6 Å². The van der Waals surface area contributed by atoms with Crippen LogP contribution in [0.2, 0.25) is 0 Å². The van der Waals surface area contributed by atoms with Gasteiger partial charge >= 0.3 is 0 Å². The summed E-state index contributed by atoms with van der Waals surface area (Å²) in [4.78, 5) is 14.4. The normalized spacial score (nSPS) is 16.8. The Bertz CT molecular complexity index is 416. The van der Waals surface area contributed by atoms with Gasteiger partial charge in [0.1, 0.15) is 12.0 Å². The Morgan fingerprint density at radius 2 is 2.24 bits per heavy atom. The van der Waals surface area contributed by atoms with Gasteiger partial charge in [0, 0.05) is 24.4 Å². The van der Waals surface area contributed by atoms with Crippen molar-refractivity contribution in [3.8, 4) is 0 Å². The molecule has 1 saturated heterocycles. The Balaban J connectivity index is 2.06. The average Bonchev–Trinajstić information content (AvgIpc) is 2.30. The molecule has 1 fully saturated rings. The van der Waals surface area contributed by atoms with Crippen LogP contribution in [0.15, 0.2) is 12.3 Å². The Morgan fingerprint density at radius 3 is 2.82 bits per heavy atom. The first-order valence-corrected chi connectivity index (χ1v) is 5.86. The molecule has 2 rings (SSSR count). The molecule has 3 N–H and O–H groups in total. The molecule has 2 heterocycles. The van der Waals surface area contributed by atoms with E-state index in [1.54, 1.807) is 13.0 Å². The van der Waals surface area contributed by atoms with Crippen LogP contribution >= 0.6 is 0 Å². The van der Waals surface area contributed by atoms with Crippen LogP contribution in [-0.2, 0) is 0 Å². The largest absolute Gasteiger partial charge is 0.367 e. The molecule has 0 amide bonds. The van der Waals surface area contributed by atoms with Gasteiger partial charge in [-0.3, -0.25) is 10.1 Å². The Morgan fingerprint density at radius 1 is 1.53 bits per heavy atom. The number of piperidine rings is 1. The number of hydrogen-bond acceptors (Lipinski definition) is 4. The highest BCUT2D eigenvalue weighted by molar-refractivity contribution is 5.47. The molecule has 1 aliphatic rings. The topological polar surface area (TPSA) is 84.7 Å². The van der Waals surface area contributed by atoms with Gasteiger partial charge in [-0.25, -0.2) is 4.98 Å². The van der Waals surface area contributed by atoms with E-state index in [0.29, 0.717) is 11.6 Å². The number of rotatable bonds is 3. The highest BCUT2D eigenvalue weighted by Gasteiger charge is 2.17. The number of aromatic nitrogens is 1. The molecule has 1 aromatic rings. The van der Waals surface area contributed by atoms with Crippen LogP contribution in [0.5, 0.6) is 0 Å². The fraction of sp³-hybridized carbons (Fsp3) is 0.545. The fourth-order valence-corrected chi connectivity index (χ4v) is 2.10. The molecule has 6 heteroatoms. The van der Waals surface area contributed by atoms with E-state index in [4.69, 9.17) is 0 Å². The molecule has 17 heavy (non-hydrogen) atoms. The molecular formula is C11H17N4O2+. The van der Waals surface area contributed by atoms with Gasteiger partial charge in [-0.1, -0.05) is 0 Å². The minimum absolute atomic E-state index is 0.0764. The SMILES string of the molecule is Cc1cc(NC2CC[NH2+]CC2)ncc1[N+](=O)[O-]. The summed E-state index contributed by atoms with van der Waals surface area (Å²) in [6, 6.07) is 2.18. The van der Waals surface area contributed by atoms with Crippen molar-refractivity contribution in [3.63, 3.8) is 0 Å². The maximum atomic E-state index is 10.7. The first kappa shape index (κ1) is 11.8. The van der Waals surface area contributed by atoms with Crippen molar-refractivity contribution in [3.05, 3.63) is 27.9 Å². The molecule has 1 aliphatic heterocycles. The van der Waals surface area contributed by atoms with Gasteiger partial charge < -0.3 is 10.6 Å². The minimum atomic E-state index is -0.401. The zero-order valence-electron chi connectivity index (χ0n) is 9.85. The Kier molecular flexibility index (Phi) is 3.53. The summed E-state index contributed by atoms with van der Waals surface area (Å²) < 4.78 is 0. The zero-order chi connectivity index (χ0) is 12.3. The number of nitrogens with two attached hydrogens (primary N) is 1. The Labute approximate surface area is 99.6 Å². The van der Waals surface area contributed by atoms with Crippen LogP contribution in [0.3, 0.4) is 0 Å². The number of nitrogens with zero attached hydrogens (tertiary/aromatic N) is 2. The van der Waals surface area contributed by atoms with Crippen LogP contribution in [0.1, 0.15) is 18.4 Å². The predicted molar refractivity (Wildman–Crippen MR) is 63.9 cm³/mol. The van der Waals surface area contributed by atoms with Crippen LogP contribution < -0.4 is 10.6 Å². The third-order valence-corrected chi connectivity index (χ3v) is 3.07. The quantitative estimate of drug-likeness (QED) is 0.590. The summed E-state index contributed by atoms with van der Waals surface area (Å²) in [6.45, 7) is 3.99. The van der Waals surface area contributed by atoms with E-state index in [1.165, 1.54) is 6.20 Å². The summed E-state index contributed by atoms with van der Waals surface area (Å²) in [5.41, 5.74) is 0.724. The highest BCUT2D eigenvalue weighted by Crippen LogP contribution is 2.19. The molecule has 0 atom stereocenters. The smallest absolute Gasteiger partial charge is 0.290 e. The second kappa shape index (κ2) is 5.09. The monoisotopic (exact) mass is 237 g/mol.